The largest absolute Gasteiger partial charge is 0.505 e. The minimum Gasteiger partial charge on any atom is -0.505 e. The van der Waals surface area contributed by atoms with Gasteiger partial charge in [0, 0.05) is 6.07 Å². The lowest BCUT2D eigenvalue weighted by atomic mass is 10.2. The van der Waals surface area contributed by atoms with E-state index in [1.54, 1.807) is 0 Å². The van der Waals surface area contributed by atoms with E-state index in [-0.39, 0.29) is 6.61 Å². The summed E-state index contributed by atoms with van der Waals surface area (Å²) in [6, 6.07) is 1.26. The minimum atomic E-state index is -1.18. The van der Waals surface area contributed by atoms with Gasteiger partial charge in [-0.2, -0.15) is 0 Å². The molecule has 0 aliphatic heterocycles. The third-order valence-electron chi connectivity index (χ3n) is 1.51. The number of aromatic hydroxyl groups is 1. The molecule has 0 amide bonds. The monoisotopic (exact) mass is 202 g/mol. The van der Waals surface area contributed by atoms with Crippen LogP contribution >= 0.6 is 0 Å². The molecule has 1 rings (SSSR count). The summed E-state index contributed by atoms with van der Waals surface area (Å²) in [5.74, 6) is -3.98. The van der Waals surface area contributed by atoms with Crippen LogP contribution in [0.3, 0.4) is 0 Å². The molecule has 0 atom stereocenters. The van der Waals surface area contributed by atoms with Crippen LogP contribution in [0.25, 0.3) is 0 Å². The zero-order valence-electron chi connectivity index (χ0n) is 7.38. The lowest BCUT2D eigenvalue weighted by Crippen LogP contribution is -2.07. The van der Waals surface area contributed by atoms with E-state index in [4.69, 9.17) is 5.11 Å². The number of hydrogen-bond donors (Lipinski definition) is 1. The zero-order valence-corrected chi connectivity index (χ0v) is 7.38. The molecular formula is C9H8F2O3. The highest BCUT2D eigenvalue weighted by molar-refractivity contribution is 5.90. The Kier molecular flexibility index (Phi) is 3.01. The molecule has 0 unspecified atom stereocenters. The Morgan fingerprint density at radius 2 is 2.14 bits per heavy atom. The maximum Gasteiger partial charge on any atom is 0.341 e. The molecule has 0 saturated heterocycles. The van der Waals surface area contributed by atoms with E-state index >= 15 is 0 Å². The predicted molar refractivity (Wildman–Crippen MR) is 44.0 cm³/mol. The first-order valence-corrected chi connectivity index (χ1v) is 3.91. The van der Waals surface area contributed by atoms with Crippen LogP contribution in [0.15, 0.2) is 12.1 Å². The Bertz CT molecular complexity index is 363. The molecule has 0 aliphatic carbocycles. The van der Waals surface area contributed by atoms with Crippen LogP contribution in [-0.4, -0.2) is 17.7 Å². The number of halogens is 2. The maximum absolute atomic E-state index is 13.0. The van der Waals surface area contributed by atoms with Gasteiger partial charge in [0.1, 0.15) is 11.4 Å². The fraction of sp³-hybridized carbons (Fsp3) is 0.222. The molecular weight excluding hydrogens is 194 g/mol. The predicted octanol–water partition coefficient (Wildman–Crippen LogP) is 1.85. The van der Waals surface area contributed by atoms with E-state index in [0.717, 1.165) is 0 Å². The summed E-state index contributed by atoms with van der Waals surface area (Å²) in [5.41, 5.74) is -0.607. The summed E-state index contributed by atoms with van der Waals surface area (Å²) >= 11 is 0. The molecule has 0 spiro atoms. The second kappa shape index (κ2) is 4.04. The number of esters is 1. The molecule has 14 heavy (non-hydrogen) atoms. The summed E-state index contributed by atoms with van der Waals surface area (Å²) in [6.45, 7) is 1.59. The van der Waals surface area contributed by atoms with Crippen LogP contribution < -0.4 is 0 Å². The normalized spacial score (nSPS) is 9.93. The van der Waals surface area contributed by atoms with Crippen LogP contribution in [0, 0.1) is 11.6 Å². The Balaban J connectivity index is 3.13. The lowest BCUT2D eigenvalue weighted by molar-refractivity contribution is 0.0519. The number of rotatable bonds is 2. The number of carbonyl (C=O) groups excluding carboxylic acids is 1. The summed E-state index contributed by atoms with van der Waals surface area (Å²) in [5, 5.41) is 8.88. The number of carbonyl (C=O) groups is 1. The average molecular weight is 202 g/mol. The van der Waals surface area contributed by atoms with Gasteiger partial charge in [0.15, 0.2) is 11.6 Å². The molecule has 1 aromatic carbocycles. The van der Waals surface area contributed by atoms with E-state index in [1.807, 2.05) is 0 Å². The lowest BCUT2D eigenvalue weighted by Gasteiger charge is -2.04. The second-order valence-corrected chi connectivity index (χ2v) is 2.51. The van der Waals surface area contributed by atoms with E-state index in [2.05, 4.69) is 4.74 Å². The van der Waals surface area contributed by atoms with Gasteiger partial charge >= 0.3 is 5.97 Å². The Morgan fingerprint density at radius 3 is 2.71 bits per heavy atom. The van der Waals surface area contributed by atoms with Gasteiger partial charge < -0.3 is 9.84 Å². The summed E-state index contributed by atoms with van der Waals surface area (Å²) < 4.78 is 30.2. The standard InChI is InChI=1S/C9H8F2O3/c1-2-14-9(13)6-3-5(10)4-7(12)8(6)11/h3-4,12H,2H2,1H3. The van der Waals surface area contributed by atoms with Crippen molar-refractivity contribution >= 4 is 5.97 Å². The number of ether oxygens (including phenoxy) is 1. The third kappa shape index (κ3) is 1.99. The zero-order chi connectivity index (χ0) is 10.7. The maximum atomic E-state index is 13.0. The fourth-order valence-electron chi connectivity index (χ4n) is 0.932. The van der Waals surface area contributed by atoms with E-state index in [1.165, 1.54) is 6.92 Å². The van der Waals surface area contributed by atoms with Gasteiger partial charge in [-0.05, 0) is 13.0 Å². The molecule has 0 aliphatic rings. The molecule has 5 heteroatoms. The molecule has 1 N–H and O–H groups in total. The molecule has 3 nitrogen and oxygen atoms in total. The van der Waals surface area contributed by atoms with Crippen LogP contribution in [0.5, 0.6) is 5.75 Å². The number of hydrogen-bond acceptors (Lipinski definition) is 3. The van der Waals surface area contributed by atoms with Gasteiger partial charge in [0.2, 0.25) is 0 Å². The van der Waals surface area contributed by atoms with Gasteiger partial charge in [-0.1, -0.05) is 0 Å². The van der Waals surface area contributed by atoms with Gasteiger partial charge in [-0.15, -0.1) is 0 Å². The highest BCUT2D eigenvalue weighted by atomic mass is 19.1. The first kappa shape index (κ1) is 10.4. The average Bonchev–Trinajstić information content (AvgIpc) is 2.11. The van der Waals surface area contributed by atoms with Crippen LogP contribution in [-0.2, 0) is 4.74 Å². The molecule has 0 heterocycles. The summed E-state index contributed by atoms with van der Waals surface area (Å²) in [6.07, 6.45) is 0. The van der Waals surface area contributed by atoms with Crippen molar-refractivity contribution in [2.45, 2.75) is 6.92 Å². The van der Waals surface area contributed by atoms with Crippen molar-refractivity contribution < 1.29 is 23.4 Å². The van der Waals surface area contributed by atoms with Gasteiger partial charge in [0.25, 0.3) is 0 Å². The molecule has 1 aromatic rings. The van der Waals surface area contributed by atoms with Crippen molar-refractivity contribution in [3.63, 3.8) is 0 Å². The first-order chi connectivity index (χ1) is 6.56. The molecule has 76 valence electrons. The number of benzene rings is 1. The summed E-state index contributed by atoms with van der Waals surface area (Å²) in [7, 11) is 0. The van der Waals surface area contributed by atoms with Gasteiger partial charge in [0.05, 0.1) is 6.61 Å². The van der Waals surface area contributed by atoms with Crippen LogP contribution in [0.1, 0.15) is 17.3 Å². The van der Waals surface area contributed by atoms with E-state index in [9.17, 15) is 13.6 Å². The van der Waals surface area contributed by atoms with Crippen LogP contribution in [0.2, 0.25) is 0 Å². The van der Waals surface area contributed by atoms with Crippen molar-refractivity contribution in [3.05, 3.63) is 29.3 Å². The van der Waals surface area contributed by atoms with Crippen LogP contribution in [0.4, 0.5) is 8.78 Å². The van der Waals surface area contributed by atoms with Gasteiger partial charge in [-0.3, -0.25) is 0 Å². The minimum absolute atomic E-state index is 0.0511. The van der Waals surface area contributed by atoms with Crippen molar-refractivity contribution in [1.29, 1.82) is 0 Å². The van der Waals surface area contributed by atoms with E-state index < -0.39 is 28.9 Å². The third-order valence-corrected chi connectivity index (χ3v) is 1.51. The molecule has 0 fully saturated rings. The number of phenols is 1. The SMILES string of the molecule is CCOC(=O)c1cc(F)cc(O)c1F. The molecule has 0 aromatic heterocycles. The van der Waals surface area contributed by atoms with Gasteiger partial charge in [-0.25, -0.2) is 13.6 Å². The fourth-order valence-corrected chi connectivity index (χ4v) is 0.932. The highest BCUT2D eigenvalue weighted by Crippen LogP contribution is 2.21. The Labute approximate surface area is 78.9 Å². The summed E-state index contributed by atoms with van der Waals surface area (Å²) in [4.78, 5) is 11.0. The second-order valence-electron chi connectivity index (χ2n) is 2.51. The molecule has 0 bridgehead atoms. The van der Waals surface area contributed by atoms with E-state index in [0.29, 0.717) is 12.1 Å². The van der Waals surface area contributed by atoms with Crippen molar-refractivity contribution in [2.75, 3.05) is 6.61 Å². The smallest absolute Gasteiger partial charge is 0.341 e. The first-order valence-electron chi connectivity index (χ1n) is 3.91. The molecule has 0 radical (unpaired) electrons. The van der Waals surface area contributed by atoms with Crippen molar-refractivity contribution in [1.82, 2.24) is 0 Å². The topological polar surface area (TPSA) is 46.5 Å². The highest BCUT2D eigenvalue weighted by Gasteiger charge is 2.17. The Morgan fingerprint density at radius 1 is 1.50 bits per heavy atom. The Hall–Kier alpha value is -1.65. The number of phenolic OH excluding ortho intramolecular Hbond substituents is 1. The molecule has 0 saturated carbocycles. The quantitative estimate of drug-likeness (QED) is 0.744. The van der Waals surface area contributed by atoms with Crippen molar-refractivity contribution in [3.8, 4) is 5.75 Å². The van der Waals surface area contributed by atoms with Crippen molar-refractivity contribution in [2.24, 2.45) is 0 Å².